The summed E-state index contributed by atoms with van der Waals surface area (Å²) in [6.07, 6.45) is -3.23. The minimum absolute atomic E-state index is 0.405. The van der Waals surface area contributed by atoms with Gasteiger partial charge in [-0.25, -0.2) is 22.2 Å². The van der Waals surface area contributed by atoms with E-state index < -0.39 is 37.6 Å². The van der Waals surface area contributed by atoms with Gasteiger partial charge in [0, 0.05) is 10.7 Å². The minimum Gasteiger partial charge on any atom is -0.205 e. The second-order valence-corrected chi connectivity index (χ2v) is 5.05. The molecule has 0 radical (unpaired) electrons. The highest BCUT2D eigenvalue weighted by molar-refractivity contribution is 8.13. The van der Waals surface area contributed by atoms with Gasteiger partial charge in [-0.3, -0.25) is 0 Å². The van der Waals surface area contributed by atoms with Gasteiger partial charge in [0.2, 0.25) is 5.95 Å². The molecule has 0 N–H and O–H groups in total. The van der Waals surface area contributed by atoms with E-state index in [0.29, 0.717) is 6.07 Å². The van der Waals surface area contributed by atoms with E-state index in [0.717, 1.165) is 0 Å². The predicted octanol–water partition coefficient (Wildman–Crippen LogP) is 1.96. The summed E-state index contributed by atoms with van der Waals surface area (Å²) in [6, 6.07) is 1.67. The molecule has 1 rings (SSSR count). The molecular weight excluding hydrogens is 269 g/mol. The molecule has 0 saturated carbocycles. The van der Waals surface area contributed by atoms with Crippen molar-refractivity contribution in [1.82, 2.24) is 4.98 Å². The fourth-order valence-electron chi connectivity index (χ4n) is 0.921. The van der Waals surface area contributed by atoms with E-state index in [1.165, 1.54) is 6.07 Å². The van der Waals surface area contributed by atoms with Crippen molar-refractivity contribution >= 4 is 19.7 Å². The van der Waals surface area contributed by atoms with Crippen LogP contribution in [0.15, 0.2) is 11.1 Å². The van der Waals surface area contributed by atoms with Gasteiger partial charge in [0.1, 0.15) is 11.6 Å². The summed E-state index contributed by atoms with van der Waals surface area (Å²) < 4.78 is 59.4. The summed E-state index contributed by atoms with van der Waals surface area (Å²) in [6.45, 7) is 0. The average Bonchev–Trinajstić information content (AvgIpc) is 2.15. The molecule has 0 amide bonds. The van der Waals surface area contributed by atoms with Crippen LogP contribution in [0.4, 0.5) is 13.2 Å². The Bertz CT molecular complexity index is 568. The van der Waals surface area contributed by atoms with Crippen LogP contribution in [-0.2, 0) is 9.05 Å². The summed E-state index contributed by atoms with van der Waals surface area (Å²) in [5, 5.41) is 7.08. The van der Waals surface area contributed by atoms with E-state index in [1.54, 1.807) is 0 Å². The Kier molecular flexibility index (Phi) is 3.40. The maximum atomic E-state index is 12.9. The molecule has 4 nitrogen and oxygen atoms in total. The third kappa shape index (κ3) is 2.43. The van der Waals surface area contributed by atoms with Crippen LogP contribution in [-0.4, -0.2) is 13.4 Å². The van der Waals surface area contributed by atoms with Crippen LogP contribution in [0, 0.1) is 17.3 Å². The molecule has 0 aliphatic heterocycles. The van der Waals surface area contributed by atoms with Gasteiger partial charge in [0.05, 0.1) is 5.56 Å². The van der Waals surface area contributed by atoms with E-state index in [4.69, 9.17) is 15.9 Å². The number of pyridine rings is 1. The van der Waals surface area contributed by atoms with Crippen molar-refractivity contribution in [1.29, 1.82) is 5.26 Å². The first-order valence-electron chi connectivity index (χ1n) is 3.60. The number of hydrogen-bond donors (Lipinski definition) is 0. The van der Waals surface area contributed by atoms with Crippen molar-refractivity contribution in [3.05, 3.63) is 23.1 Å². The summed E-state index contributed by atoms with van der Waals surface area (Å²) in [5.74, 6) is -1.47. The molecule has 0 spiro atoms. The van der Waals surface area contributed by atoms with Gasteiger partial charge >= 0.3 is 0 Å². The third-order valence-electron chi connectivity index (χ3n) is 1.56. The Balaban J connectivity index is 3.63. The Hall–Kier alpha value is -1.33. The van der Waals surface area contributed by atoms with Crippen LogP contribution in [0.25, 0.3) is 0 Å². The SMILES string of the molecule is N#Cc1cc(C(F)F)c(S(=O)(=O)Cl)nc1F. The molecular formula is C7H2ClF3N2O2S. The smallest absolute Gasteiger partial charge is 0.205 e. The first kappa shape index (κ1) is 12.7. The lowest BCUT2D eigenvalue weighted by atomic mass is 10.2. The monoisotopic (exact) mass is 270 g/mol. The summed E-state index contributed by atoms with van der Waals surface area (Å²) in [5.41, 5.74) is -1.88. The van der Waals surface area contributed by atoms with Gasteiger partial charge in [0.25, 0.3) is 15.5 Å². The number of nitriles is 1. The van der Waals surface area contributed by atoms with Gasteiger partial charge in [-0.1, -0.05) is 0 Å². The molecule has 1 heterocycles. The lowest BCUT2D eigenvalue weighted by Crippen LogP contribution is -2.06. The van der Waals surface area contributed by atoms with Crippen molar-refractivity contribution in [3.8, 4) is 6.07 Å². The standard InChI is InChI=1S/C7H2ClF3N2O2S/c8-16(14,15)7-4(5(9)10)1-3(2-12)6(11)13-7/h1,5H. The Labute approximate surface area is 92.7 Å². The van der Waals surface area contributed by atoms with Gasteiger partial charge < -0.3 is 0 Å². The van der Waals surface area contributed by atoms with E-state index in [2.05, 4.69) is 4.98 Å². The lowest BCUT2D eigenvalue weighted by molar-refractivity contribution is 0.146. The highest BCUT2D eigenvalue weighted by atomic mass is 35.7. The molecule has 9 heteroatoms. The van der Waals surface area contributed by atoms with Crippen LogP contribution >= 0.6 is 10.7 Å². The Morgan fingerprint density at radius 3 is 2.44 bits per heavy atom. The molecule has 86 valence electrons. The van der Waals surface area contributed by atoms with Crippen molar-refractivity contribution in [2.75, 3.05) is 0 Å². The van der Waals surface area contributed by atoms with Gasteiger partial charge in [0.15, 0.2) is 5.03 Å². The number of rotatable bonds is 2. The van der Waals surface area contributed by atoms with E-state index >= 15 is 0 Å². The number of halogens is 4. The van der Waals surface area contributed by atoms with Gasteiger partial charge in [-0.2, -0.15) is 9.65 Å². The number of nitrogens with zero attached hydrogens (tertiary/aromatic N) is 2. The molecule has 16 heavy (non-hydrogen) atoms. The predicted molar refractivity (Wildman–Crippen MR) is 46.9 cm³/mol. The third-order valence-corrected chi connectivity index (χ3v) is 2.78. The fourth-order valence-corrected chi connectivity index (χ4v) is 1.91. The second kappa shape index (κ2) is 4.27. The second-order valence-electron chi connectivity index (χ2n) is 2.57. The quantitative estimate of drug-likeness (QED) is 0.608. The van der Waals surface area contributed by atoms with Crippen LogP contribution in [0.3, 0.4) is 0 Å². The zero-order valence-corrected chi connectivity index (χ0v) is 8.86. The van der Waals surface area contributed by atoms with Crippen LogP contribution in [0.2, 0.25) is 0 Å². The molecule has 0 atom stereocenters. The van der Waals surface area contributed by atoms with Crippen LogP contribution in [0.5, 0.6) is 0 Å². The molecule has 0 aliphatic rings. The number of aromatic nitrogens is 1. The largest absolute Gasteiger partial charge is 0.279 e. The van der Waals surface area contributed by atoms with Crippen LogP contribution < -0.4 is 0 Å². The van der Waals surface area contributed by atoms with Crippen molar-refractivity contribution in [2.24, 2.45) is 0 Å². The zero-order chi connectivity index (χ0) is 12.5. The van der Waals surface area contributed by atoms with Crippen LogP contribution in [0.1, 0.15) is 17.6 Å². The summed E-state index contributed by atoms with van der Waals surface area (Å²) in [4.78, 5) is 2.75. The molecule has 0 aliphatic carbocycles. The van der Waals surface area contributed by atoms with Crippen molar-refractivity contribution < 1.29 is 21.6 Å². The molecule has 1 aromatic heterocycles. The first-order valence-corrected chi connectivity index (χ1v) is 5.91. The average molecular weight is 271 g/mol. The Morgan fingerprint density at radius 1 is 1.50 bits per heavy atom. The topological polar surface area (TPSA) is 70.8 Å². The van der Waals surface area contributed by atoms with Gasteiger partial charge in [-0.05, 0) is 6.07 Å². The highest BCUT2D eigenvalue weighted by Crippen LogP contribution is 2.28. The molecule has 0 fully saturated rings. The van der Waals surface area contributed by atoms with Crippen molar-refractivity contribution in [2.45, 2.75) is 11.5 Å². The maximum Gasteiger partial charge on any atom is 0.279 e. The summed E-state index contributed by atoms with van der Waals surface area (Å²) >= 11 is 0. The molecule has 0 bridgehead atoms. The molecule has 0 aromatic carbocycles. The zero-order valence-electron chi connectivity index (χ0n) is 7.29. The maximum absolute atomic E-state index is 12.9. The van der Waals surface area contributed by atoms with E-state index in [1.807, 2.05) is 0 Å². The fraction of sp³-hybridized carbons (Fsp3) is 0.143. The first-order chi connectivity index (χ1) is 7.27. The highest BCUT2D eigenvalue weighted by Gasteiger charge is 2.26. The van der Waals surface area contributed by atoms with Crippen molar-refractivity contribution in [3.63, 3.8) is 0 Å². The number of hydrogen-bond acceptors (Lipinski definition) is 4. The van der Waals surface area contributed by atoms with E-state index in [-0.39, 0.29) is 0 Å². The van der Waals surface area contributed by atoms with Gasteiger partial charge in [-0.15, -0.1) is 0 Å². The Morgan fingerprint density at radius 2 is 2.06 bits per heavy atom. The molecule has 1 aromatic rings. The normalized spacial score (nSPS) is 11.5. The number of alkyl halides is 2. The lowest BCUT2D eigenvalue weighted by Gasteiger charge is -2.05. The molecule has 0 saturated heterocycles. The minimum atomic E-state index is -4.59. The van der Waals surface area contributed by atoms with E-state index in [9.17, 15) is 21.6 Å². The molecule has 0 unspecified atom stereocenters. The summed E-state index contributed by atoms with van der Waals surface area (Å²) in [7, 11) is 0.208.